The Hall–Kier alpha value is -3.28. The van der Waals surface area contributed by atoms with Crippen LogP contribution in [0.4, 0.5) is 0 Å². The van der Waals surface area contributed by atoms with Crippen LogP contribution < -0.4 is 14.8 Å². The summed E-state index contributed by atoms with van der Waals surface area (Å²) in [7, 11) is 3.14. The maximum atomic E-state index is 12.4. The number of rotatable bonds is 6. The number of nitrogens with one attached hydrogen (secondary N) is 1. The van der Waals surface area contributed by atoms with Crippen molar-refractivity contribution in [1.29, 1.82) is 0 Å². The average molecular weight is 352 g/mol. The van der Waals surface area contributed by atoms with E-state index in [-0.39, 0.29) is 24.9 Å². The lowest BCUT2D eigenvalue weighted by molar-refractivity contribution is -0.121. The lowest BCUT2D eigenvalue weighted by Gasteiger charge is -2.17. The molecular formula is C20H20N2O4. The number of methoxy groups -OCH3 is 2. The Bertz CT molecular complexity index is 841. The van der Waals surface area contributed by atoms with Crippen molar-refractivity contribution in [3.8, 4) is 11.5 Å². The van der Waals surface area contributed by atoms with Gasteiger partial charge in [0.2, 0.25) is 5.91 Å². The molecule has 1 heterocycles. The standard InChI is InChI=1S/C20H20N2O4/c1-13-16-6-4-5-7-17(16)20(24)22(13)12-19(23)21-11-14-10-15(25-2)8-9-18(14)26-3/h4-10H,1,11-12H2,2-3H3,(H,21,23). The molecule has 0 bridgehead atoms. The molecule has 0 atom stereocenters. The highest BCUT2D eigenvalue weighted by molar-refractivity contribution is 6.10. The van der Waals surface area contributed by atoms with E-state index in [9.17, 15) is 9.59 Å². The summed E-state index contributed by atoms with van der Waals surface area (Å²) < 4.78 is 10.5. The molecule has 0 fully saturated rings. The van der Waals surface area contributed by atoms with Gasteiger partial charge in [-0.3, -0.25) is 14.5 Å². The van der Waals surface area contributed by atoms with Crippen molar-refractivity contribution < 1.29 is 19.1 Å². The van der Waals surface area contributed by atoms with Crippen LogP contribution in [-0.2, 0) is 11.3 Å². The second-order valence-corrected chi connectivity index (χ2v) is 5.84. The SMILES string of the molecule is C=C1c2ccccc2C(=O)N1CC(=O)NCc1cc(OC)ccc1OC. The van der Waals surface area contributed by atoms with E-state index in [1.807, 2.05) is 12.1 Å². The van der Waals surface area contributed by atoms with Crippen LogP contribution >= 0.6 is 0 Å². The Morgan fingerprint density at radius 1 is 1.12 bits per heavy atom. The lowest BCUT2D eigenvalue weighted by atomic mass is 10.1. The Balaban J connectivity index is 1.66. The van der Waals surface area contributed by atoms with Gasteiger partial charge in [-0.2, -0.15) is 0 Å². The van der Waals surface area contributed by atoms with Crippen LogP contribution in [0, 0.1) is 0 Å². The minimum atomic E-state index is -0.280. The topological polar surface area (TPSA) is 67.9 Å². The summed E-state index contributed by atoms with van der Waals surface area (Å²) in [5.74, 6) is 0.839. The van der Waals surface area contributed by atoms with Crippen molar-refractivity contribution in [2.24, 2.45) is 0 Å². The third kappa shape index (κ3) is 3.26. The van der Waals surface area contributed by atoms with E-state index >= 15 is 0 Å². The fraction of sp³-hybridized carbons (Fsp3) is 0.200. The fourth-order valence-corrected chi connectivity index (χ4v) is 2.92. The van der Waals surface area contributed by atoms with Crippen LogP contribution in [-0.4, -0.2) is 37.5 Å². The molecule has 26 heavy (non-hydrogen) atoms. The molecular weight excluding hydrogens is 332 g/mol. The number of benzene rings is 2. The molecule has 2 aromatic rings. The van der Waals surface area contributed by atoms with Crippen LogP contribution in [0.25, 0.3) is 5.70 Å². The molecule has 6 nitrogen and oxygen atoms in total. The van der Waals surface area contributed by atoms with Gasteiger partial charge in [-0.05, 0) is 24.3 Å². The van der Waals surface area contributed by atoms with Gasteiger partial charge in [0.05, 0.1) is 14.2 Å². The Morgan fingerprint density at radius 3 is 2.50 bits per heavy atom. The molecule has 2 amide bonds. The predicted molar refractivity (Wildman–Crippen MR) is 97.9 cm³/mol. The van der Waals surface area contributed by atoms with Gasteiger partial charge in [0.25, 0.3) is 5.91 Å². The molecule has 6 heteroatoms. The molecule has 1 N–H and O–H groups in total. The number of nitrogens with zero attached hydrogens (tertiary/aromatic N) is 1. The quantitative estimate of drug-likeness (QED) is 0.867. The Kier molecular flexibility index (Phi) is 4.93. The maximum absolute atomic E-state index is 12.4. The van der Waals surface area contributed by atoms with E-state index in [1.165, 1.54) is 4.90 Å². The van der Waals surface area contributed by atoms with Gasteiger partial charge in [-0.15, -0.1) is 0 Å². The molecule has 0 spiro atoms. The monoisotopic (exact) mass is 352 g/mol. The van der Waals surface area contributed by atoms with Gasteiger partial charge in [0.15, 0.2) is 0 Å². The van der Waals surface area contributed by atoms with Crippen molar-refractivity contribution in [2.75, 3.05) is 20.8 Å². The minimum absolute atomic E-state index is 0.0847. The van der Waals surface area contributed by atoms with Gasteiger partial charge in [0, 0.05) is 28.9 Å². The third-order valence-electron chi connectivity index (χ3n) is 4.30. The second kappa shape index (κ2) is 7.31. The number of hydrogen-bond acceptors (Lipinski definition) is 4. The molecule has 0 unspecified atom stereocenters. The van der Waals surface area contributed by atoms with Crippen LogP contribution in [0.5, 0.6) is 11.5 Å². The zero-order valence-corrected chi connectivity index (χ0v) is 14.7. The summed E-state index contributed by atoms with van der Waals surface area (Å²) in [4.78, 5) is 26.2. The van der Waals surface area contributed by atoms with E-state index in [2.05, 4.69) is 11.9 Å². The first-order chi connectivity index (χ1) is 12.5. The summed E-state index contributed by atoms with van der Waals surface area (Å²) in [6, 6.07) is 12.6. The maximum Gasteiger partial charge on any atom is 0.259 e. The summed E-state index contributed by atoms with van der Waals surface area (Å²) in [6.07, 6.45) is 0. The lowest BCUT2D eigenvalue weighted by Crippen LogP contribution is -2.36. The van der Waals surface area contributed by atoms with E-state index in [0.717, 1.165) is 11.1 Å². The van der Waals surface area contributed by atoms with E-state index in [0.29, 0.717) is 22.8 Å². The summed E-state index contributed by atoms with van der Waals surface area (Å²) in [6.45, 7) is 4.12. The molecule has 3 rings (SSSR count). The second-order valence-electron chi connectivity index (χ2n) is 5.84. The first-order valence-electron chi connectivity index (χ1n) is 8.13. The van der Waals surface area contributed by atoms with Crippen molar-refractivity contribution in [1.82, 2.24) is 10.2 Å². The van der Waals surface area contributed by atoms with Crippen LogP contribution in [0.1, 0.15) is 21.5 Å². The smallest absolute Gasteiger partial charge is 0.259 e. The van der Waals surface area contributed by atoms with Gasteiger partial charge >= 0.3 is 0 Å². The van der Waals surface area contributed by atoms with Crippen LogP contribution in [0.2, 0.25) is 0 Å². The number of amides is 2. The van der Waals surface area contributed by atoms with Gasteiger partial charge in [0.1, 0.15) is 18.0 Å². The van der Waals surface area contributed by atoms with Gasteiger partial charge < -0.3 is 14.8 Å². The van der Waals surface area contributed by atoms with Crippen LogP contribution in [0.3, 0.4) is 0 Å². The van der Waals surface area contributed by atoms with Gasteiger partial charge in [-0.25, -0.2) is 0 Å². The molecule has 0 aliphatic carbocycles. The zero-order valence-electron chi connectivity index (χ0n) is 14.7. The van der Waals surface area contributed by atoms with E-state index < -0.39 is 0 Å². The zero-order chi connectivity index (χ0) is 18.7. The minimum Gasteiger partial charge on any atom is -0.497 e. The highest BCUT2D eigenvalue weighted by Gasteiger charge is 2.31. The number of carbonyl (C=O) groups excluding carboxylic acids is 2. The van der Waals surface area contributed by atoms with E-state index in [4.69, 9.17) is 9.47 Å². The molecule has 134 valence electrons. The highest BCUT2D eigenvalue weighted by Crippen LogP contribution is 2.30. The molecule has 0 saturated carbocycles. The number of hydrogen-bond donors (Lipinski definition) is 1. The molecule has 0 aromatic heterocycles. The Morgan fingerprint density at radius 2 is 1.85 bits per heavy atom. The average Bonchev–Trinajstić information content (AvgIpc) is 2.91. The van der Waals surface area contributed by atoms with Gasteiger partial charge in [-0.1, -0.05) is 24.8 Å². The van der Waals surface area contributed by atoms with Crippen molar-refractivity contribution in [3.05, 3.63) is 65.7 Å². The molecule has 0 radical (unpaired) electrons. The van der Waals surface area contributed by atoms with Crippen molar-refractivity contribution >= 4 is 17.5 Å². The summed E-state index contributed by atoms with van der Waals surface area (Å²) >= 11 is 0. The summed E-state index contributed by atoms with van der Waals surface area (Å²) in [5.41, 5.74) is 2.66. The molecule has 2 aromatic carbocycles. The highest BCUT2D eigenvalue weighted by atomic mass is 16.5. The molecule has 0 saturated heterocycles. The normalized spacial score (nSPS) is 12.8. The predicted octanol–water partition coefficient (Wildman–Crippen LogP) is 2.45. The number of carbonyl (C=O) groups is 2. The number of ether oxygens (including phenoxy) is 2. The first-order valence-corrected chi connectivity index (χ1v) is 8.13. The third-order valence-corrected chi connectivity index (χ3v) is 4.30. The number of fused-ring (bicyclic) bond motifs is 1. The summed E-state index contributed by atoms with van der Waals surface area (Å²) in [5, 5.41) is 2.81. The fourth-order valence-electron chi connectivity index (χ4n) is 2.92. The molecule has 1 aliphatic rings. The van der Waals surface area contributed by atoms with Crippen molar-refractivity contribution in [3.63, 3.8) is 0 Å². The Labute approximate surface area is 152 Å². The van der Waals surface area contributed by atoms with Crippen LogP contribution in [0.15, 0.2) is 49.0 Å². The first kappa shape index (κ1) is 17.5. The largest absolute Gasteiger partial charge is 0.497 e. The van der Waals surface area contributed by atoms with E-state index in [1.54, 1.807) is 44.6 Å². The molecule has 1 aliphatic heterocycles. The van der Waals surface area contributed by atoms with Crippen molar-refractivity contribution in [2.45, 2.75) is 6.54 Å².